The molecule has 1 aliphatic rings. The SMILES string of the molecule is CCN1CC=C(O)C=C1C. The van der Waals surface area contributed by atoms with Crippen LogP contribution in [0.15, 0.2) is 23.6 Å². The second kappa shape index (κ2) is 2.78. The van der Waals surface area contributed by atoms with Crippen LogP contribution in [0.1, 0.15) is 13.8 Å². The molecule has 10 heavy (non-hydrogen) atoms. The van der Waals surface area contributed by atoms with E-state index >= 15 is 0 Å². The maximum absolute atomic E-state index is 9.05. The third-order valence-corrected chi connectivity index (χ3v) is 1.76. The van der Waals surface area contributed by atoms with Gasteiger partial charge in [0.1, 0.15) is 5.76 Å². The first-order valence-corrected chi connectivity index (χ1v) is 3.56. The molecule has 0 amide bonds. The number of likely N-dealkylation sites (N-methyl/N-ethyl adjacent to an activating group) is 1. The molecule has 1 heterocycles. The average Bonchev–Trinajstić information content (AvgIpc) is 1.88. The Kier molecular flexibility index (Phi) is 2.00. The molecule has 0 aromatic rings. The molecule has 0 radical (unpaired) electrons. The summed E-state index contributed by atoms with van der Waals surface area (Å²) in [4.78, 5) is 2.19. The molecule has 0 atom stereocenters. The molecule has 1 N–H and O–H groups in total. The second-order valence-corrected chi connectivity index (χ2v) is 2.45. The third kappa shape index (κ3) is 1.32. The van der Waals surface area contributed by atoms with E-state index in [-0.39, 0.29) is 0 Å². The summed E-state index contributed by atoms with van der Waals surface area (Å²) in [6.07, 6.45) is 3.60. The highest BCUT2D eigenvalue weighted by atomic mass is 16.3. The predicted molar refractivity (Wildman–Crippen MR) is 41.7 cm³/mol. The fourth-order valence-corrected chi connectivity index (χ4v) is 1.09. The Morgan fingerprint density at radius 3 is 2.90 bits per heavy atom. The van der Waals surface area contributed by atoms with Crippen molar-refractivity contribution in [3.63, 3.8) is 0 Å². The van der Waals surface area contributed by atoms with E-state index in [1.807, 2.05) is 13.0 Å². The van der Waals surface area contributed by atoms with Gasteiger partial charge in [0.25, 0.3) is 0 Å². The molecule has 56 valence electrons. The molecular formula is C8H13NO. The highest BCUT2D eigenvalue weighted by Gasteiger charge is 2.06. The highest BCUT2D eigenvalue weighted by molar-refractivity contribution is 5.20. The van der Waals surface area contributed by atoms with Gasteiger partial charge in [-0.2, -0.15) is 0 Å². The average molecular weight is 139 g/mol. The first-order chi connectivity index (χ1) is 4.74. The molecule has 0 spiro atoms. The van der Waals surface area contributed by atoms with Gasteiger partial charge >= 0.3 is 0 Å². The summed E-state index contributed by atoms with van der Waals surface area (Å²) in [6.45, 7) is 5.96. The van der Waals surface area contributed by atoms with Gasteiger partial charge in [0.2, 0.25) is 0 Å². The van der Waals surface area contributed by atoms with Crippen molar-refractivity contribution >= 4 is 0 Å². The monoisotopic (exact) mass is 139 g/mol. The Morgan fingerprint density at radius 2 is 2.40 bits per heavy atom. The third-order valence-electron chi connectivity index (χ3n) is 1.76. The summed E-state index contributed by atoms with van der Waals surface area (Å²) < 4.78 is 0. The van der Waals surface area contributed by atoms with Crippen molar-refractivity contribution in [1.29, 1.82) is 0 Å². The zero-order valence-electron chi connectivity index (χ0n) is 6.46. The summed E-state index contributed by atoms with van der Waals surface area (Å²) in [5.74, 6) is 0.391. The molecule has 0 bridgehead atoms. The Balaban J connectivity index is 2.68. The topological polar surface area (TPSA) is 23.5 Å². The minimum Gasteiger partial charge on any atom is -0.508 e. The van der Waals surface area contributed by atoms with Crippen LogP contribution in [0, 0.1) is 0 Å². The minimum absolute atomic E-state index is 0.391. The minimum atomic E-state index is 0.391. The maximum atomic E-state index is 9.05. The normalized spacial score (nSPS) is 18.4. The van der Waals surface area contributed by atoms with Crippen molar-refractivity contribution in [2.75, 3.05) is 13.1 Å². The van der Waals surface area contributed by atoms with Gasteiger partial charge < -0.3 is 10.0 Å². The molecule has 1 aliphatic heterocycles. The van der Waals surface area contributed by atoms with E-state index in [0.29, 0.717) is 5.76 Å². The van der Waals surface area contributed by atoms with Crippen molar-refractivity contribution in [3.8, 4) is 0 Å². The fourth-order valence-electron chi connectivity index (χ4n) is 1.09. The van der Waals surface area contributed by atoms with E-state index in [4.69, 9.17) is 5.11 Å². The smallest absolute Gasteiger partial charge is 0.115 e. The zero-order chi connectivity index (χ0) is 7.56. The lowest BCUT2D eigenvalue weighted by Gasteiger charge is -2.24. The Bertz CT molecular complexity index is 182. The van der Waals surface area contributed by atoms with Crippen molar-refractivity contribution in [2.45, 2.75) is 13.8 Å². The van der Waals surface area contributed by atoms with Gasteiger partial charge in [-0.3, -0.25) is 0 Å². The Morgan fingerprint density at radius 1 is 1.70 bits per heavy atom. The number of nitrogens with zero attached hydrogens (tertiary/aromatic N) is 1. The van der Waals surface area contributed by atoms with Crippen LogP contribution in [0.25, 0.3) is 0 Å². The lowest BCUT2D eigenvalue weighted by Crippen LogP contribution is -2.23. The summed E-state index contributed by atoms with van der Waals surface area (Å²) in [7, 11) is 0. The molecular weight excluding hydrogens is 126 g/mol. The number of hydrogen-bond donors (Lipinski definition) is 1. The number of aliphatic hydroxyl groups excluding tert-OH is 1. The summed E-state index contributed by atoms with van der Waals surface area (Å²) in [5.41, 5.74) is 1.14. The number of rotatable bonds is 1. The van der Waals surface area contributed by atoms with Gasteiger partial charge in [0, 0.05) is 18.8 Å². The largest absolute Gasteiger partial charge is 0.508 e. The molecule has 0 aromatic carbocycles. The quantitative estimate of drug-likeness (QED) is 0.597. The number of aliphatic hydroxyl groups is 1. The van der Waals surface area contributed by atoms with Crippen LogP contribution in [-0.2, 0) is 0 Å². The van der Waals surface area contributed by atoms with E-state index < -0.39 is 0 Å². The van der Waals surface area contributed by atoms with Crippen LogP contribution < -0.4 is 0 Å². The molecule has 2 nitrogen and oxygen atoms in total. The summed E-state index contributed by atoms with van der Waals surface area (Å²) >= 11 is 0. The fraction of sp³-hybridized carbons (Fsp3) is 0.500. The Hall–Kier alpha value is -0.920. The molecule has 0 fully saturated rings. The van der Waals surface area contributed by atoms with Crippen LogP contribution in [0.2, 0.25) is 0 Å². The lowest BCUT2D eigenvalue weighted by molar-refractivity contribution is 0.361. The second-order valence-electron chi connectivity index (χ2n) is 2.45. The number of hydrogen-bond acceptors (Lipinski definition) is 2. The van der Waals surface area contributed by atoms with Crippen LogP contribution in [0.4, 0.5) is 0 Å². The van der Waals surface area contributed by atoms with Crippen LogP contribution in [0.5, 0.6) is 0 Å². The van der Waals surface area contributed by atoms with Crippen molar-refractivity contribution in [3.05, 3.63) is 23.6 Å². The van der Waals surface area contributed by atoms with Crippen molar-refractivity contribution in [2.24, 2.45) is 0 Å². The van der Waals surface area contributed by atoms with E-state index in [1.54, 1.807) is 6.08 Å². The van der Waals surface area contributed by atoms with Gasteiger partial charge in [-0.25, -0.2) is 0 Å². The first kappa shape index (κ1) is 7.19. The van der Waals surface area contributed by atoms with Crippen molar-refractivity contribution in [1.82, 2.24) is 4.90 Å². The predicted octanol–water partition coefficient (Wildman–Crippen LogP) is 1.67. The van der Waals surface area contributed by atoms with Gasteiger partial charge in [-0.15, -0.1) is 0 Å². The maximum Gasteiger partial charge on any atom is 0.115 e. The molecule has 2 heteroatoms. The molecule has 1 rings (SSSR count). The van der Waals surface area contributed by atoms with E-state index in [9.17, 15) is 0 Å². The lowest BCUT2D eigenvalue weighted by atomic mass is 10.2. The van der Waals surface area contributed by atoms with Crippen LogP contribution in [-0.4, -0.2) is 23.1 Å². The van der Waals surface area contributed by atoms with Crippen LogP contribution >= 0.6 is 0 Å². The van der Waals surface area contributed by atoms with Gasteiger partial charge in [-0.1, -0.05) is 0 Å². The Labute approximate surface area is 61.5 Å². The summed E-state index contributed by atoms with van der Waals surface area (Å²) in [6, 6.07) is 0. The number of allylic oxidation sites excluding steroid dienone is 2. The first-order valence-electron chi connectivity index (χ1n) is 3.56. The van der Waals surface area contributed by atoms with Crippen molar-refractivity contribution < 1.29 is 5.11 Å². The van der Waals surface area contributed by atoms with E-state index in [0.717, 1.165) is 18.8 Å². The van der Waals surface area contributed by atoms with Gasteiger partial charge in [0.15, 0.2) is 0 Å². The zero-order valence-corrected chi connectivity index (χ0v) is 6.46. The van der Waals surface area contributed by atoms with E-state index in [1.165, 1.54) is 0 Å². The molecule has 0 saturated heterocycles. The van der Waals surface area contributed by atoms with Gasteiger partial charge in [-0.05, 0) is 26.0 Å². The summed E-state index contributed by atoms with van der Waals surface area (Å²) in [5, 5.41) is 9.05. The standard InChI is InChI=1S/C8H13NO/c1-3-9-5-4-8(10)6-7(9)2/h4,6,10H,3,5H2,1-2H3. The molecule has 0 saturated carbocycles. The molecule has 0 aromatic heterocycles. The molecule has 0 unspecified atom stereocenters. The van der Waals surface area contributed by atoms with Gasteiger partial charge in [0.05, 0.1) is 0 Å². The van der Waals surface area contributed by atoms with Crippen LogP contribution in [0.3, 0.4) is 0 Å². The molecule has 0 aliphatic carbocycles. The highest BCUT2D eigenvalue weighted by Crippen LogP contribution is 2.11. The van der Waals surface area contributed by atoms with E-state index in [2.05, 4.69) is 11.8 Å².